The topological polar surface area (TPSA) is 41.1 Å². The number of fused-ring (bicyclic) bond motifs is 1. The first-order chi connectivity index (χ1) is 14.2. The van der Waals surface area contributed by atoms with E-state index in [4.69, 9.17) is 0 Å². The van der Waals surface area contributed by atoms with Gasteiger partial charge in [-0.3, -0.25) is 4.90 Å². The molecule has 0 saturated heterocycles. The van der Waals surface area contributed by atoms with Crippen LogP contribution in [-0.4, -0.2) is 28.0 Å². The van der Waals surface area contributed by atoms with E-state index in [0.29, 0.717) is 5.41 Å². The highest BCUT2D eigenvalue weighted by Crippen LogP contribution is 2.59. The maximum Gasteiger partial charge on any atom is 0.132 e. The molecule has 7 rings (SSSR count). The lowest BCUT2D eigenvalue weighted by molar-refractivity contribution is -0.0444. The Kier molecular flexibility index (Phi) is 4.37. The average Bonchev–Trinajstić information content (AvgIpc) is 2.72. The minimum atomic E-state index is 0.542. The molecule has 2 heterocycles. The molecule has 1 N–H and O–H groups in total. The fraction of sp³-hybridized carbons (Fsp3) is 0.600. The van der Waals surface area contributed by atoms with Crippen LogP contribution in [0.4, 0.5) is 5.82 Å². The molecule has 0 atom stereocenters. The Morgan fingerprint density at radius 3 is 2.41 bits per heavy atom. The number of nitrogens with zero attached hydrogens (tertiary/aromatic N) is 3. The van der Waals surface area contributed by atoms with E-state index in [0.717, 1.165) is 56.2 Å². The van der Waals surface area contributed by atoms with Gasteiger partial charge >= 0.3 is 0 Å². The van der Waals surface area contributed by atoms with Gasteiger partial charge in [-0.15, -0.1) is 0 Å². The van der Waals surface area contributed by atoms with Crippen molar-refractivity contribution in [1.82, 2.24) is 14.9 Å². The predicted octanol–water partition coefficient (Wildman–Crippen LogP) is 4.66. The first-order valence-corrected chi connectivity index (χ1v) is 11.6. The second-order valence-corrected chi connectivity index (χ2v) is 10.4. The zero-order valence-corrected chi connectivity index (χ0v) is 17.3. The van der Waals surface area contributed by atoms with E-state index in [1.165, 1.54) is 55.3 Å². The monoisotopic (exact) mass is 388 g/mol. The number of anilines is 1. The number of hydrogen-bond acceptors (Lipinski definition) is 4. The Morgan fingerprint density at radius 2 is 1.69 bits per heavy atom. The van der Waals surface area contributed by atoms with Crippen molar-refractivity contribution < 1.29 is 0 Å². The molecule has 152 valence electrons. The molecule has 0 spiro atoms. The highest BCUT2D eigenvalue weighted by molar-refractivity contribution is 5.47. The lowest BCUT2D eigenvalue weighted by atomic mass is 9.49. The molecule has 0 radical (unpaired) electrons. The van der Waals surface area contributed by atoms with E-state index in [-0.39, 0.29) is 0 Å². The molecule has 4 fully saturated rings. The first-order valence-electron chi connectivity index (χ1n) is 11.6. The zero-order valence-electron chi connectivity index (χ0n) is 17.3. The molecule has 4 nitrogen and oxygen atoms in total. The van der Waals surface area contributed by atoms with Crippen LogP contribution in [0, 0.1) is 23.2 Å². The third kappa shape index (κ3) is 3.46. The number of aromatic nitrogens is 2. The summed E-state index contributed by atoms with van der Waals surface area (Å²) >= 11 is 0. The normalized spacial score (nSPS) is 32.9. The van der Waals surface area contributed by atoms with Crippen molar-refractivity contribution >= 4 is 5.82 Å². The second kappa shape index (κ2) is 7.09. The van der Waals surface area contributed by atoms with Crippen molar-refractivity contribution in [2.24, 2.45) is 23.2 Å². The molecule has 4 bridgehead atoms. The minimum absolute atomic E-state index is 0.542. The summed E-state index contributed by atoms with van der Waals surface area (Å²) in [6, 6.07) is 10.8. The van der Waals surface area contributed by atoms with Crippen LogP contribution >= 0.6 is 0 Å². The van der Waals surface area contributed by atoms with E-state index in [1.54, 1.807) is 6.33 Å². The maximum atomic E-state index is 4.68. The van der Waals surface area contributed by atoms with Crippen molar-refractivity contribution in [2.75, 3.05) is 18.4 Å². The maximum absolute atomic E-state index is 4.68. The van der Waals surface area contributed by atoms with Crippen LogP contribution in [0.25, 0.3) is 0 Å². The van der Waals surface area contributed by atoms with Gasteiger partial charge in [-0.1, -0.05) is 30.3 Å². The van der Waals surface area contributed by atoms with Crippen molar-refractivity contribution in [2.45, 2.75) is 58.0 Å². The van der Waals surface area contributed by atoms with Gasteiger partial charge in [0.25, 0.3) is 0 Å². The zero-order chi connectivity index (χ0) is 19.3. The molecule has 5 aliphatic rings. The summed E-state index contributed by atoms with van der Waals surface area (Å²) in [6.07, 6.45) is 11.7. The van der Waals surface area contributed by atoms with Gasteiger partial charge in [0.2, 0.25) is 0 Å². The lowest BCUT2D eigenvalue weighted by Crippen LogP contribution is -2.49. The van der Waals surface area contributed by atoms with E-state index >= 15 is 0 Å². The summed E-state index contributed by atoms with van der Waals surface area (Å²) < 4.78 is 0. The van der Waals surface area contributed by atoms with Gasteiger partial charge in [0.1, 0.15) is 12.1 Å². The van der Waals surface area contributed by atoms with Gasteiger partial charge < -0.3 is 5.32 Å². The summed E-state index contributed by atoms with van der Waals surface area (Å²) in [5.41, 5.74) is 4.50. The van der Waals surface area contributed by atoms with Crippen LogP contribution in [0.2, 0.25) is 0 Å². The van der Waals surface area contributed by atoms with E-state index in [2.05, 4.69) is 50.5 Å². The Bertz CT molecular complexity index is 842. The number of hydrogen-bond donors (Lipinski definition) is 1. The van der Waals surface area contributed by atoms with Gasteiger partial charge in [-0.05, 0) is 73.7 Å². The summed E-state index contributed by atoms with van der Waals surface area (Å²) in [6.45, 7) is 4.13. The Morgan fingerprint density at radius 1 is 0.966 bits per heavy atom. The molecule has 2 aromatic rings. The minimum Gasteiger partial charge on any atom is -0.369 e. The van der Waals surface area contributed by atoms with Crippen LogP contribution < -0.4 is 5.32 Å². The van der Waals surface area contributed by atoms with Crippen LogP contribution in [0.3, 0.4) is 0 Å². The van der Waals surface area contributed by atoms with E-state index < -0.39 is 0 Å². The molecule has 4 aliphatic carbocycles. The molecular weight excluding hydrogens is 356 g/mol. The smallest absolute Gasteiger partial charge is 0.132 e. The molecule has 1 aromatic carbocycles. The van der Waals surface area contributed by atoms with Gasteiger partial charge in [0.15, 0.2) is 0 Å². The second-order valence-electron chi connectivity index (χ2n) is 10.4. The fourth-order valence-corrected chi connectivity index (χ4v) is 7.32. The quantitative estimate of drug-likeness (QED) is 0.809. The van der Waals surface area contributed by atoms with Crippen LogP contribution in [0.1, 0.15) is 55.3 Å². The lowest BCUT2D eigenvalue weighted by Gasteiger charge is -2.57. The molecule has 1 aliphatic heterocycles. The summed E-state index contributed by atoms with van der Waals surface area (Å²) in [4.78, 5) is 11.8. The molecular formula is C25H32N4. The van der Waals surface area contributed by atoms with Gasteiger partial charge in [-0.25, -0.2) is 9.97 Å². The van der Waals surface area contributed by atoms with Gasteiger partial charge in [0, 0.05) is 31.7 Å². The highest BCUT2D eigenvalue weighted by Gasteiger charge is 2.50. The summed E-state index contributed by atoms with van der Waals surface area (Å²) in [5, 5.41) is 3.82. The van der Waals surface area contributed by atoms with Crippen molar-refractivity contribution in [1.29, 1.82) is 0 Å². The van der Waals surface area contributed by atoms with Crippen molar-refractivity contribution in [3.05, 3.63) is 53.5 Å². The third-order valence-electron chi connectivity index (χ3n) is 8.13. The standard InChI is InChI=1S/C25H32N4/c1-2-4-18(5-3-1)14-29-7-6-22-23(15-29)27-17-28-24(22)26-16-25-11-19-8-20(12-25)10-21(9-19)13-25/h1-5,17,19-21H,6-16H2,(H,26,27,28). The van der Waals surface area contributed by atoms with Crippen molar-refractivity contribution in [3.8, 4) is 0 Å². The number of nitrogens with one attached hydrogen (secondary N) is 1. The highest BCUT2D eigenvalue weighted by atomic mass is 15.1. The molecule has 0 unspecified atom stereocenters. The van der Waals surface area contributed by atoms with Gasteiger partial charge in [0.05, 0.1) is 5.69 Å². The molecule has 29 heavy (non-hydrogen) atoms. The Balaban J connectivity index is 1.15. The summed E-state index contributed by atoms with van der Waals surface area (Å²) in [5.74, 6) is 4.14. The predicted molar refractivity (Wildman–Crippen MR) is 115 cm³/mol. The molecule has 4 heteroatoms. The fourth-order valence-electron chi connectivity index (χ4n) is 7.32. The first kappa shape index (κ1) is 17.9. The number of benzene rings is 1. The van der Waals surface area contributed by atoms with Crippen molar-refractivity contribution in [3.63, 3.8) is 0 Å². The molecule has 0 amide bonds. The van der Waals surface area contributed by atoms with E-state index in [1.807, 2.05) is 0 Å². The summed E-state index contributed by atoms with van der Waals surface area (Å²) in [7, 11) is 0. The average molecular weight is 389 g/mol. The number of rotatable bonds is 5. The Hall–Kier alpha value is -1.94. The van der Waals surface area contributed by atoms with Gasteiger partial charge in [-0.2, -0.15) is 0 Å². The Labute approximate surface area is 174 Å². The SMILES string of the molecule is c1ccc(CN2CCc3c(ncnc3NCC34CC5CC(CC(C5)C3)C4)C2)cc1. The van der Waals surface area contributed by atoms with Crippen LogP contribution in [0.15, 0.2) is 36.7 Å². The molecule has 1 aromatic heterocycles. The van der Waals surface area contributed by atoms with E-state index in [9.17, 15) is 0 Å². The van der Waals surface area contributed by atoms with Crippen LogP contribution in [0.5, 0.6) is 0 Å². The molecule has 4 saturated carbocycles. The largest absolute Gasteiger partial charge is 0.369 e. The third-order valence-corrected chi connectivity index (χ3v) is 8.13. The van der Waals surface area contributed by atoms with Crippen LogP contribution in [-0.2, 0) is 19.5 Å².